The van der Waals surface area contributed by atoms with Gasteiger partial charge in [0.2, 0.25) is 10.0 Å². The van der Waals surface area contributed by atoms with Crippen molar-refractivity contribution in [1.82, 2.24) is 4.31 Å². The van der Waals surface area contributed by atoms with Crippen LogP contribution in [0.25, 0.3) is 0 Å². The summed E-state index contributed by atoms with van der Waals surface area (Å²) in [5.74, 6) is 0.788. The van der Waals surface area contributed by atoms with Crippen molar-refractivity contribution in [1.29, 1.82) is 0 Å². The highest BCUT2D eigenvalue weighted by Gasteiger charge is 2.37. The lowest BCUT2D eigenvalue weighted by Gasteiger charge is -2.33. The Morgan fingerprint density at radius 3 is 2.52 bits per heavy atom. The molecule has 6 heteroatoms. The molecule has 2 atom stereocenters. The van der Waals surface area contributed by atoms with Gasteiger partial charge in [0.25, 0.3) is 0 Å². The molecule has 5 nitrogen and oxygen atoms in total. The van der Waals surface area contributed by atoms with E-state index >= 15 is 0 Å². The third kappa shape index (κ3) is 3.75. The summed E-state index contributed by atoms with van der Waals surface area (Å²) in [6.07, 6.45) is 1.25. The van der Waals surface area contributed by atoms with Crippen molar-refractivity contribution in [3.05, 3.63) is 29.8 Å². The van der Waals surface area contributed by atoms with Gasteiger partial charge in [0.1, 0.15) is 5.75 Å². The Balaban J connectivity index is 2.15. The van der Waals surface area contributed by atoms with Gasteiger partial charge in [0.05, 0.1) is 19.0 Å². The van der Waals surface area contributed by atoms with E-state index in [1.54, 1.807) is 21.2 Å². The van der Waals surface area contributed by atoms with Gasteiger partial charge in [-0.15, -0.1) is 0 Å². The number of ether oxygens (including phenoxy) is 2. The number of methoxy groups -OCH3 is 1. The van der Waals surface area contributed by atoms with Gasteiger partial charge in [-0.2, -0.15) is 0 Å². The molecule has 21 heavy (non-hydrogen) atoms. The Morgan fingerprint density at radius 2 is 1.95 bits per heavy atom. The van der Waals surface area contributed by atoms with Gasteiger partial charge in [0.15, 0.2) is 0 Å². The molecule has 1 aliphatic heterocycles. The smallest absolute Gasteiger partial charge is 0.216 e. The SMILES string of the molecule is COc1ccc(C[C@@H]2COCC[C@H]2S(=O)(=O)N(C)C)cc1. The van der Waals surface area contributed by atoms with Crippen LogP contribution < -0.4 is 4.74 Å². The average molecular weight is 313 g/mol. The lowest BCUT2D eigenvalue weighted by Crippen LogP contribution is -2.44. The second-order valence-electron chi connectivity index (χ2n) is 5.54. The molecule has 0 bridgehead atoms. The third-order valence-corrected chi connectivity index (χ3v) is 6.36. The number of benzene rings is 1. The summed E-state index contributed by atoms with van der Waals surface area (Å²) < 4.78 is 36.8. The van der Waals surface area contributed by atoms with Crippen LogP contribution >= 0.6 is 0 Å². The maximum Gasteiger partial charge on any atom is 0.216 e. The van der Waals surface area contributed by atoms with E-state index in [-0.39, 0.29) is 11.2 Å². The van der Waals surface area contributed by atoms with Crippen molar-refractivity contribution < 1.29 is 17.9 Å². The monoisotopic (exact) mass is 313 g/mol. The minimum absolute atomic E-state index is 0.0143. The van der Waals surface area contributed by atoms with E-state index < -0.39 is 10.0 Å². The normalized spacial score (nSPS) is 23.2. The Morgan fingerprint density at radius 1 is 1.29 bits per heavy atom. The Hall–Kier alpha value is -1.11. The first kappa shape index (κ1) is 16.3. The maximum absolute atomic E-state index is 12.4. The first-order valence-electron chi connectivity index (χ1n) is 7.07. The molecule has 1 fully saturated rings. The van der Waals surface area contributed by atoms with E-state index in [0.717, 1.165) is 11.3 Å². The molecule has 2 rings (SSSR count). The predicted octanol–water partition coefficient (Wildman–Crippen LogP) is 1.53. The summed E-state index contributed by atoms with van der Waals surface area (Å²) in [5.41, 5.74) is 1.10. The van der Waals surface area contributed by atoms with Crippen molar-refractivity contribution >= 4 is 10.0 Å². The zero-order valence-corrected chi connectivity index (χ0v) is 13.6. The van der Waals surface area contributed by atoms with Crippen LogP contribution in [-0.4, -0.2) is 52.4 Å². The molecule has 1 aromatic carbocycles. The highest BCUT2D eigenvalue weighted by atomic mass is 32.2. The molecule has 118 valence electrons. The zero-order chi connectivity index (χ0) is 15.5. The van der Waals surface area contributed by atoms with E-state index in [4.69, 9.17) is 9.47 Å². The van der Waals surface area contributed by atoms with Crippen LogP contribution in [0, 0.1) is 5.92 Å². The van der Waals surface area contributed by atoms with Crippen LogP contribution in [0.3, 0.4) is 0 Å². The van der Waals surface area contributed by atoms with E-state index in [1.165, 1.54) is 4.31 Å². The fraction of sp³-hybridized carbons (Fsp3) is 0.600. The first-order valence-corrected chi connectivity index (χ1v) is 8.57. The molecule has 0 aliphatic carbocycles. The van der Waals surface area contributed by atoms with Crippen LogP contribution in [0.4, 0.5) is 0 Å². The first-order chi connectivity index (χ1) is 9.95. The average Bonchev–Trinajstić information content (AvgIpc) is 2.48. The number of hydrogen-bond acceptors (Lipinski definition) is 4. The van der Waals surface area contributed by atoms with E-state index in [2.05, 4.69) is 0 Å². The molecule has 1 heterocycles. The van der Waals surface area contributed by atoms with Gasteiger partial charge < -0.3 is 9.47 Å². The summed E-state index contributed by atoms with van der Waals surface area (Å²) in [6.45, 7) is 1.00. The molecule has 0 aromatic heterocycles. The van der Waals surface area contributed by atoms with Gasteiger partial charge in [-0.25, -0.2) is 12.7 Å². The minimum atomic E-state index is -3.25. The van der Waals surface area contributed by atoms with Crippen molar-refractivity contribution in [3.8, 4) is 5.75 Å². The van der Waals surface area contributed by atoms with Gasteiger partial charge in [-0.1, -0.05) is 12.1 Å². The van der Waals surface area contributed by atoms with Crippen molar-refractivity contribution in [2.75, 3.05) is 34.4 Å². The summed E-state index contributed by atoms with van der Waals surface area (Å²) in [5, 5.41) is -0.372. The molecule has 0 unspecified atom stereocenters. The lowest BCUT2D eigenvalue weighted by atomic mass is 9.93. The van der Waals surface area contributed by atoms with E-state index in [9.17, 15) is 8.42 Å². The lowest BCUT2D eigenvalue weighted by molar-refractivity contribution is 0.0563. The molecule has 1 aromatic rings. The number of nitrogens with zero attached hydrogens (tertiary/aromatic N) is 1. The van der Waals surface area contributed by atoms with Gasteiger partial charge in [-0.3, -0.25) is 0 Å². The highest BCUT2D eigenvalue weighted by Crippen LogP contribution is 2.27. The molecule has 1 aliphatic rings. The maximum atomic E-state index is 12.4. The second-order valence-corrected chi connectivity index (χ2v) is 7.91. The fourth-order valence-corrected chi connectivity index (χ4v) is 4.29. The summed E-state index contributed by atoms with van der Waals surface area (Å²) in [6, 6.07) is 7.75. The Kier molecular flexibility index (Phi) is 5.24. The van der Waals surface area contributed by atoms with Crippen LogP contribution in [0.5, 0.6) is 5.75 Å². The number of rotatable bonds is 5. The van der Waals surface area contributed by atoms with Crippen molar-refractivity contribution in [2.45, 2.75) is 18.1 Å². The van der Waals surface area contributed by atoms with Crippen molar-refractivity contribution in [3.63, 3.8) is 0 Å². The predicted molar refractivity (Wildman–Crippen MR) is 82.0 cm³/mol. The third-order valence-electron chi connectivity index (χ3n) is 3.95. The number of sulfonamides is 1. The number of hydrogen-bond donors (Lipinski definition) is 0. The van der Waals surface area contributed by atoms with Crippen LogP contribution in [0.2, 0.25) is 0 Å². The topological polar surface area (TPSA) is 55.8 Å². The van der Waals surface area contributed by atoms with Crippen LogP contribution in [0.1, 0.15) is 12.0 Å². The van der Waals surface area contributed by atoms with Gasteiger partial charge >= 0.3 is 0 Å². The molecule has 0 saturated carbocycles. The second kappa shape index (κ2) is 6.77. The van der Waals surface area contributed by atoms with Gasteiger partial charge in [0, 0.05) is 26.6 Å². The standard InChI is InChI=1S/C15H23NO4S/c1-16(2)21(17,18)15-8-9-20-11-13(15)10-12-4-6-14(19-3)7-5-12/h4-7,13,15H,8-11H2,1-3H3/t13-,15-/m1/s1. The molecular weight excluding hydrogens is 290 g/mol. The Labute approximate surface area is 126 Å². The van der Waals surface area contributed by atoms with Crippen LogP contribution in [-0.2, 0) is 21.2 Å². The molecule has 0 radical (unpaired) electrons. The molecular formula is C15H23NO4S. The largest absolute Gasteiger partial charge is 0.497 e. The molecule has 1 saturated heterocycles. The molecule has 0 spiro atoms. The van der Waals surface area contributed by atoms with E-state index in [1.807, 2.05) is 24.3 Å². The Bertz CT molecular complexity index is 554. The molecule has 0 N–H and O–H groups in total. The highest BCUT2D eigenvalue weighted by molar-refractivity contribution is 7.89. The van der Waals surface area contributed by atoms with Crippen LogP contribution in [0.15, 0.2) is 24.3 Å². The summed E-state index contributed by atoms with van der Waals surface area (Å²) >= 11 is 0. The minimum Gasteiger partial charge on any atom is -0.497 e. The zero-order valence-electron chi connectivity index (χ0n) is 12.8. The molecule has 0 amide bonds. The van der Waals surface area contributed by atoms with Gasteiger partial charge in [-0.05, 0) is 30.5 Å². The van der Waals surface area contributed by atoms with Crippen molar-refractivity contribution in [2.24, 2.45) is 5.92 Å². The summed E-state index contributed by atoms with van der Waals surface area (Å²) in [4.78, 5) is 0. The quantitative estimate of drug-likeness (QED) is 0.827. The van der Waals surface area contributed by atoms with E-state index in [0.29, 0.717) is 26.1 Å². The summed E-state index contributed by atoms with van der Waals surface area (Å²) in [7, 11) is 1.56. The fourth-order valence-electron chi connectivity index (χ4n) is 2.69.